The van der Waals surface area contributed by atoms with Crippen molar-refractivity contribution in [2.75, 3.05) is 32.8 Å². The van der Waals surface area contributed by atoms with Gasteiger partial charge in [0.15, 0.2) is 0 Å². The van der Waals surface area contributed by atoms with Crippen molar-refractivity contribution in [3.05, 3.63) is 73.4 Å². The Labute approximate surface area is 183 Å². The summed E-state index contributed by atoms with van der Waals surface area (Å²) in [4.78, 5) is 15.9. The first-order chi connectivity index (χ1) is 14.5. The number of nitrogens with two attached hydrogens (primary N) is 1. The van der Waals surface area contributed by atoms with E-state index in [0.29, 0.717) is 31.1 Å². The lowest BCUT2D eigenvalue weighted by atomic mass is 9.84. The minimum atomic E-state index is -0.570. The zero-order valence-corrected chi connectivity index (χ0v) is 18.3. The molecule has 0 unspecified atom stereocenters. The summed E-state index contributed by atoms with van der Waals surface area (Å²) >= 11 is 3.48. The number of pyridine rings is 1. The van der Waals surface area contributed by atoms with Crippen LogP contribution >= 0.6 is 15.9 Å². The number of rotatable bonds is 4. The fourth-order valence-corrected chi connectivity index (χ4v) is 4.47. The first-order valence-corrected chi connectivity index (χ1v) is 10.7. The van der Waals surface area contributed by atoms with Crippen molar-refractivity contribution in [3.63, 3.8) is 0 Å². The van der Waals surface area contributed by atoms with E-state index in [2.05, 4.69) is 26.9 Å². The number of nitrogens with zero attached hydrogens (tertiary/aromatic N) is 3. The van der Waals surface area contributed by atoms with Crippen LogP contribution in [-0.4, -0.2) is 42.3 Å². The van der Waals surface area contributed by atoms with Crippen LogP contribution in [0.2, 0.25) is 0 Å². The number of halogens is 1. The van der Waals surface area contributed by atoms with E-state index in [1.807, 2.05) is 37.3 Å². The highest BCUT2D eigenvalue weighted by Crippen LogP contribution is 2.40. The third kappa shape index (κ3) is 3.88. The number of morpholine rings is 1. The van der Waals surface area contributed by atoms with E-state index in [0.717, 1.165) is 35.4 Å². The molecule has 1 fully saturated rings. The van der Waals surface area contributed by atoms with Crippen LogP contribution in [0.25, 0.3) is 0 Å². The summed E-state index contributed by atoms with van der Waals surface area (Å²) in [7, 11) is 0. The number of aryl methyl sites for hydroxylation is 1. The Hall–Kier alpha value is -2.60. The minimum absolute atomic E-state index is 0.0415. The second kappa shape index (κ2) is 8.64. The largest absolute Gasteiger partial charge is 0.440 e. The topological polar surface area (TPSA) is 93.5 Å². The Morgan fingerprint density at radius 2 is 2.03 bits per heavy atom. The maximum absolute atomic E-state index is 13.6. The number of fused-ring (bicyclic) bond motifs is 1. The second-order valence-electron chi connectivity index (χ2n) is 7.45. The molecule has 0 radical (unpaired) electrons. The third-order valence-electron chi connectivity index (χ3n) is 5.62. The third-order valence-corrected chi connectivity index (χ3v) is 6.11. The lowest BCUT2D eigenvalue weighted by molar-refractivity contribution is 0.0362. The summed E-state index contributed by atoms with van der Waals surface area (Å²) in [5.41, 5.74) is 8.23. The van der Waals surface area contributed by atoms with Gasteiger partial charge in [0, 0.05) is 42.4 Å². The van der Waals surface area contributed by atoms with E-state index in [1.165, 1.54) is 0 Å². The van der Waals surface area contributed by atoms with Crippen LogP contribution in [0.4, 0.5) is 0 Å². The van der Waals surface area contributed by atoms with E-state index in [-0.39, 0.29) is 17.0 Å². The molecule has 156 valence electrons. The van der Waals surface area contributed by atoms with Crippen LogP contribution in [-0.2, 0) is 11.3 Å². The number of nitriles is 1. The highest BCUT2D eigenvalue weighted by atomic mass is 79.9. The first kappa shape index (κ1) is 20.7. The molecule has 8 heteroatoms. The fourth-order valence-electron chi connectivity index (χ4n) is 4.05. The minimum Gasteiger partial charge on any atom is -0.440 e. The van der Waals surface area contributed by atoms with Gasteiger partial charge in [-0.05, 0) is 24.6 Å². The molecule has 0 saturated carbocycles. The van der Waals surface area contributed by atoms with Crippen molar-refractivity contribution in [1.29, 1.82) is 5.26 Å². The number of aromatic nitrogens is 1. The normalized spacial score (nSPS) is 19.2. The number of ether oxygens (including phenoxy) is 2. The smallest absolute Gasteiger partial charge is 0.258 e. The van der Waals surface area contributed by atoms with Crippen LogP contribution in [0.3, 0.4) is 0 Å². The molecule has 1 aromatic carbocycles. The van der Waals surface area contributed by atoms with Crippen molar-refractivity contribution in [2.24, 2.45) is 5.73 Å². The molecular weight excluding hydrogens is 448 g/mol. The standard InChI is InChI=1S/C22H23BrN4O3/c1-14-11-18-20(22(28)27(14)6-5-26-7-9-29-10-8-26)19(17(13-24)21(25)30-18)15-3-2-4-16(23)12-15/h2-4,11-12,19H,5-10,25H2,1H3/t19-/m0/s1. The van der Waals surface area contributed by atoms with Crippen molar-refractivity contribution < 1.29 is 9.47 Å². The quantitative estimate of drug-likeness (QED) is 0.737. The molecule has 2 aliphatic heterocycles. The van der Waals surface area contributed by atoms with Gasteiger partial charge in [-0.1, -0.05) is 28.1 Å². The molecule has 2 N–H and O–H groups in total. The summed E-state index contributed by atoms with van der Waals surface area (Å²) in [6.45, 7) is 6.36. The number of hydrogen-bond donors (Lipinski definition) is 1. The summed E-state index contributed by atoms with van der Waals surface area (Å²) in [6.07, 6.45) is 0. The number of hydrogen-bond acceptors (Lipinski definition) is 6. The van der Waals surface area contributed by atoms with Gasteiger partial charge in [-0.25, -0.2) is 0 Å². The van der Waals surface area contributed by atoms with Crippen LogP contribution in [0, 0.1) is 18.3 Å². The van der Waals surface area contributed by atoms with Gasteiger partial charge in [-0.3, -0.25) is 9.69 Å². The van der Waals surface area contributed by atoms with E-state index >= 15 is 0 Å². The van der Waals surface area contributed by atoms with Crippen LogP contribution in [0.5, 0.6) is 5.75 Å². The van der Waals surface area contributed by atoms with Gasteiger partial charge in [0.1, 0.15) is 17.4 Å². The first-order valence-electron chi connectivity index (χ1n) is 9.87. The van der Waals surface area contributed by atoms with Crippen molar-refractivity contribution >= 4 is 15.9 Å². The van der Waals surface area contributed by atoms with Crippen molar-refractivity contribution in [1.82, 2.24) is 9.47 Å². The number of benzene rings is 1. The second-order valence-corrected chi connectivity index (χ2v) is 8.37. The molecule has 0 aliphatic carbocycles. The highest BCUT2D eigenvalue weighted by Gasteiger charge is 2.34. The molecule has 2 aliphatic rings. The zero-order chi connectivity index (χ0) is 21.3. The summed E-state index contributed by atoms with van der Waals surface area (Å²) in [5.74, 6) is -0.111. The van der Waals surface area contributed by atoms with Gasteiger partial charge in [0.05, 0.1) is 24.7 Å². The molecule has 1 aromatic heterocycles. The van der Waals surface area contributed by atoms with E-state index in [9.17, 15) is 10.1 Å². The molecule has 0 spiro atoms. The van der Waals surface area contributed by atoms with Gasteiger partial charge >= 0.3 is 0 Å². The maximum Gasteiger partial charge on any atom is 0.258 e. The number of allylic oxidation sites excluding steroid dienone is 1. The Bertz CT molecular complexity index is 1100. The average molecular weight is 471 g/mol. The van der Waals surface area contributed by atoms with Crippen molar-refractivity contribution in [2.45, 2.75) is 19.4 Å². The molecule has 3 heterocycles. The Morgan fingerprint density at radius 1 is 1.27 bits per heavy atom. The van der Waals surface area contributed by atoms with Gasteiger partial charge in [-0.2, -0.15) is 5.26 Å². The van der Waals surface area contributed by atoms with Gasteiger partial charge < -0.3 is 19.8 Å². The molecule has 0 amide bonds. The lowest BCUT2D eigenvalue weighted by Crippen LogP contribution is -2.40. The Morgan fingerprint density at radius 3 is 2.73 bits per heavy atom. The predicted octanol–water partition coefficient (Wildman–Crippen LogP) is 2.47. The summed E-state index contributed by atoms with van der Waals surface area (Å²) in [5, 5.41) is 9.77. The predicted molar refractivity (Wildman–Crippen MR) is 116 cm³/mol. The van der Waals surface area contributed by atoms with Gasteiger partial charge in [0.25, 0.3) is 5.56 Å². The molecular formula is C22H23BrN4O3. The molecule has 30 heavy (non-hydrogen) atoms. The van der Waals surface area contributed by atoms with Gasteiger partial charge in [-0.15, -0.1) is 0 Å². The summed E-state index contributed by atoms with van der Waals surface area (Å²) < 4.78 is 13.7. The van der Waals surface area contributed by atoms with Gasteiger partial charge in [0.2, 0.25) is 5.88 Å². The lowest BCUT2D eigenvalue weighted by Gasteiger charge is -2.29. The van der Waals surface area contributed by atoms with E-state index < -0.39 is 5.92 Å². The molecule has 1 saturated heterocycles. The van der Waals surface area contributed by atoms with Crippen LogP contribution in [0.1, 0.15) is 22.7 Å². The molecule has 2 aromatic rings. The van der Waals surface area contributed by atoms with E-state index in [4.69, 9.17) is 15.2 Å². The zero-order valence-electron chi connectivity index (χ0n) is 16.7. The average Bonchev–Trinajstić information content (AvgIpc) is 2.73. The van der Waals surface area contributed by atoms with E-state index in [1.54, 1.807) is 4.57 Å². The monoisotopic (exact) mass is 470 g/mol. The molecule has 0 bridgehead atoms. The molecule has 7 nitrogen and oxygen atoms in total. The Balaban J connectivity index is 1.78. The summed E-state index contributed by atoms with van der Waals surface area (Å²) in [6, 6.07) is 11.6. The highest BCUT2D eigenvalue weighted by molar-refractivity contribution is 9.10. The Kier molecular flexibility index (Phi) is 5.95. The van der Waals surface area contributed by atoms with Crippen LogP contribution in [0.15, 0.2) is 51.1 Å². The fraction of sp³-hybridized carbons (Fsp3) is 0.364. The maximum atomic E-state index is 13.6. The van der Waals surface area contributed by atoms with Crippen molar-refractivity contribution in [3.8, 4) is 11.8 Å². The molecule has 4 rings (SSSR count). The van der Waals surface area contributed by atoms with Crippen LogP contribution < -0.4 is 16.0 Å². The molecule has 1 atom stereocenters. The SMILES string of the molecule is Cc1cc2c(c(=O)n1CCN1CCOCC1)[C@@H](c1cccc(Br)c1)C(C#N)=C(N)O2.